The van der Waals surface area contributed by atoms with Crippen molar-refractivity contribution in [3.05, 3.63) is 46.5 Å². The van der Waals surface area contributed by atoms with Gasteiger partial charge in [-0.3, -0.25) is 14.9 Å². The number of halogens is 1. The number of carbonyl (C=O) groups excluding carboxylic acids is 4. The van der Waals surface area contributed by atoms with Gasteiger partial charge >= 0.3 is 12.1 Å². The third-order valence-electron chi connectivity index (χ3n) is 10.1. The number of hydrogen-bond acceptors (Lipinski definition) is 11. The van der Waals surface area contributed by atoms with E-state index in [0.717, 1.165) is 11.1 Å². The topological polar surface area (TPSA) is 169 Å². The SMILES string of the molecule is CNCCC(=O)N(C)[C@@H](C)C(=O)O[C@H]1CC(=O)N(C)c2cc(cc(OC)c2Cl)C/C(C)=C/C=C/[C@@H](OC)[C@@]2(O)C[C@H](OC(=O)N2)[C@@H](C)[C@@H]2OC12C. The summed E-state index contributed by atoms with van der Waals surface area (Å²) in [6, 6.07) is 2.62. The number of amides is 3. The van der Waals surface area contributed by atoms with Crippen LogP contribution in [0.25, 0.3) is 0 Å². The molecule has 14 nitrogen and oxygen atoms in total. The minimum absolute atomic E-state index is 0.0474. The van der Waals surface area contributed by atoms with Crippen LogP contribution in [0.5, 0.6) is 5.75 Å². The molecule has 15 heteroatoms. The van der Waals surface area contributed by atoms with Crippen LogP contribution >= 0.6 is 11.6 Å². The van der Waals surface area contributed by atoms with Crippen LogP contribution < -0.4 is 20.3 Å². The molecule has 0 aromatic heterocycles. The first-order chi connectivity index (χ1) is 24.0. The monoisotopic (exact) mass is 734 g/mol. The van der Waals surface area contributed by atoms with Crippen molar-refractivity contribution >= 4 is 41.2 Å². The number of benzene rings is 1. The fraction of sp³-hybridized carbons (Fsp3) is 0.611. The Morgan fingerprint density at radius 3 is 2.63 bits per heavy atom. The van der Waals surface area contributed by atoms with E-state index in [-0.39, 0.29) is 30.2 Å². The molecule has 3 amide bonds. The van der Waals surface area contributed by atoms with E-state index in [1.54, 1.807) is 59.2 Å². The normalized spacial score (nSPS) is 31.9. The lowest BCUT2D eigenvalue weighted by Crippen LogP contribution is -2.63. The summed E-state index contributed by atoms with van der Waals surface area (Å²) in [4.78, 5) is 55.9. The van der Waals surface area contributed by atoms with E-state index in [9.17, 15) is 24.3 Å². The first kappa shape index (κ1) is 40.1. The number of esters is 1. The van der Waals surface area contributed by atoms with Gasteiger partial charge < -0.3 is 43.9 Å². The predicted octanol–water partition coefficient (Wildman–Crippen LogP) is 3.12. The molecule has 1 unspecified atom stereocenters. The number of epoxide rings is 1. The summed E-state index contributed by atoms with van der Waals surface area (Å²) in [5.74, 6) is -1.56. The van der Waals surface area contributed by atoms with E-state index in [0.29, 0.717) is 24.4 Å². The first-order valence-electron chi connectivity index (χ1n) is 17.0. The Bertz CT molecular complexity index is 1550. The van der Waals surface area contributed by atoms with Crippen LogP contribution in [0.1, 0.15) is 52.5 Å². The molecule has 0 aliphatic carbocycles. The summed E-state index contributed by atoms with van der Waals surface area (Å²) < 4.78 is 29.1. The second-order valence-corrected chi connectivity index (χ2v) is 14.1. The van der Waals surface area contributed by atoms with Gasteiger partial charge in [0.1, 0.15) is 40.7 Å². The molecular weight excluding hydrogens is 684 g/mol. The fourth-order valence-corrected chi connectivity index (χ4v) is 6.94. The molecule has 0 saturated carbocycles. The van der Waals surface area contributed by atoms with Gasteiger partial charge in [-0.05, 0) is 51.9 Å². The number of ether oxygens (including phenoxy) is 5. The molecule has 2 fully saturated rings. The molecule has 0 radical (unpaired) electrons. The molecule has 8 atom stereocenters. The highest BCUT2D eigenvalue weighted by atomic mass is 35.5. The number of likely N-dealkylation sites (N-methyl/N-ethyl adjacent to an activating group) is 1. The lowest BCUT2D eigenvalue weighted by Gasteiger charge is -2.42. The second-order valence-electron chi connectivity index (χ2n) is 13.8. The number of alkyl carbamates (subject to hydrolysis) is 1. The highest BCUT2D eigenvalue weighted by molar-refractivity contribution is 6.35. The van der Waals surface area contributed by atoms with E-state index in [1.807, 2.05) is 13.0 Å². The van der Waals surface area contributed by atoms with Crippen molar-refractivity contribution in [2.24, 2.45) is 5.92 Å². The molecule has 282 valence electrons. The van der Waals surface area contributed by atoms with Crippen molar-refractivity contribution < 1.29 is 48.0 Å². The number of anilines is 1. The Balaban J connectivity index is 1.76. The molecule has 4 bridgehead atoms. The van der Waals surface area contributed by atoms with Gasteiger partial charge in [-0.1, -0.05) is 42.3 Å². The van der Waals surface area contributed by atoms with E-state index < -0.39 is 65.7 Å². The maximum Gasteiger partial charge on any atom is 0.409 e. The number of nitrogens with one attached hydrogen (secondary N) is 2. The molecule has 4 rings (SSSR count). The molecule has 3 N–H and O–H groups in total. The number of methoxy groups -OCH3 is 2. The Labute approximate surface area is 304 Å². The Hall–Kier alpha value is -3.69. The zero-order valence-electron chi connectivity index (χ0n) is 30.8. The minimum atomic E-state index is -1.82. The minimum Gasteiger partial charge on any atom is -0.495 e. The van der Waals surface area contributed by atoms with Gasteiger partial charge in [0.25, 0.3) is 0 Å². The van der Waals surface area contributed by atoms with Crippen molar-refractivity contribution in [1.29, 1.82) is 0 Å². The van der Waals surface area contributed by atoms with Crippen molar-refractivity contribution in [3.63, 3.8) is 0 Å². The lowest BCUT2D eigenvalue weighted by molar-refractivity contribution is -0.162. The number of nitrogens with zero attached hydrogens (tertiary/aromatic N) is 2. The van der Waals surface area contributed by atoms with Gasteiger partial charge in [0, 0.05) is 46.5 Å². The average molecular weight is 735 g/mol. The molecule has 3 heterocycles. The van der Waals surface area contributed by atoms with Crippen LogP contribution in [0.3, 0.4) is 0 Å². The summed E-state index contributed by atoms with van der Waals surface area (Å²) in [6.07, 6.45) is 1.15. The number of carbonyl (C=O) groups is 4. The van der Waals surface area contributed by atoms with Gasteiger partial charge in [0.2, 0.25) is 11.8 Å². The molecule has 2 saturated heterocycles. The van der Waals surface area contributed by atoms with Gasteiger partial charge in [-0.25, -0.2) is 9.59 Å². The van der Waals surface area contributed by atoms with Gasteiger partial charge in [0.15, 0.2) is 5.72 Å². The van der Waals surface area contributed by atoms with Gasteiger partial charge in [-0.15, -0.1) is 0 Å². The van der Waals surface area contributed by atoms with Gasteiger partial charge in [-0.2, -0.15) is 0 Å². The first-order valence-corrected chi connectivity index (χ1v) is 17.4. The number of aliphatic hydroxyl groups is 1. The molecule has 51 heavy (non-hydrogen) atoms. The quantitative estimate of drug-likeness (QED) is 0.265. The highest BCUT2D eigenvalue weighted by Gasteiger charge is 2.64. The van der Waals surface area contributed by atoms with Crippen molar-refractivity contribution in [3.8, 4) is 5.75 Å². The number of hydrogen-bond donors (Lipinski definition) is 3. The zero-order chi connectivity index (χ0) is 37.8. The van der Waals surface area contributed by atoms with Crippen LogP contribution in [-0.4, -0.2) is 118 Å². The van der Waals surface area contributed by atoms with Crippen molar-refractivity contribution in [2.45, 2.75) is 95.2 Å². The number of allylic oxidation sites excluding steroid dienone is 3. The summed E-state index contributed by atoms with van der Waals surface area (Å²) in [7, 11) is 7.74. The van der Waals surface area contributed by atoms with Crippen molar-refractivity contribution in [1.82, 2.24) is 15.5 Å². The molecule has 0 spiro atoms. The smallest absolute Gasteiger partial charge is 0.409 e. The van der Waals surface area contributed by atoms with Crippen LogP contribution in [0.2, 0.25) is 5.02 Å². The van der Waals surface area contributed by atoms with Crippen molar-refractivity contribution in [2.75, 3.05) is 46.8 Å². The fourth-order valence-electron chi connectivity index (χ4n) is 6.63. The third kappa shape index (κ3) is 8.86. The Morgan fingerprint density at radius 1 is 1.27 bits per heavy atom. The van der Waals surface area contributed by atoms with E-state index in [1.165, 1.54) is 31.1 Å². The zero-order valence-corrected chi connectivity index (χ0v) is 31.5. The summed E-state index contributed by atoms with van der Waals surface area (Å²) >= 11 is 6.74. The maximum atomic E-state index is 14.1. The lowest BCUT2D eigenvalue weighted by atomic mass is 9.83. The average Bonchev–Trinajstić information content (AvgIpc) is 3.79. The second kappa shape index (κ2) is 16.3. The van der Waals surface area contributed by atoms with Crippen LogP contribution in [0.15, 0.2) is 35.9 Å². The Kier molecular flexibility index (Phi) is 12.8. The molecule has 1 aromatic carbocycles. The molecular formula is C36H51ClN4O10. The summed E-state index contributed by atoms with van der Waals surface area (Å²) in [6.45, 7) is 7.42. The highest BCUT2D eigenvalue weighted by Crippen LogP contribution is 2.49. The van der Waals surface area contributed by atoms with E-state index in [2.05, 4.69) is 10.6 Å². The largest absolute Gasteiger partial charge is 0.495 e. The molecule has 3 aliphatic rings. The summed E-state index contributed by atoms with van der Waals surface area (Å²) in [5, 5.41) is 17.4. The predicted molar refractivity (Wildman–Crippen MR) is 189 cm³/mol. The van der Waals surface area contributed by atoms with Crippen LogP contribution in [0.4, 0.5) is 10.5 Å². The number of fused-ring (bicyclic) bond motifs is 5. The Morgan fingerprint density at radius 2 is 1.98 bits per heavy atom. The maximum absolute atomic E-state index is 14.1. The molecule has 1 aromatic rings. The van der Waals surface area contributed by atoms with Gasteiger partial charge in [0.05, 0.1) is 25.3 Å². The summed E-state index contributed by atoms with van der Waals surface area (Å²) in [5.41, 5.74) is -0.896. The standard InChI is InChI=1S/C36H51ClN4O10/c1-20-11-10-12-27(48-9)36(46)19-26(49-34(45)39-36)21(2)32-35(4,51-32)28(50-33(44)22(3)40(6)29(42)13-14-38-5)18-30(43)41(7)24-16-23(15-20)17-25(47-8)31(24)37/h10-12,16-17,21-22,26-28,32,38,46H,13-15,18-19H2,1-9H3,(H,39,45)/b12-10+,20-11+/t21-,22+,26+,27-,28+,32+,35?,36+/m1/s1. The van der Waals surface area contributed by atoms with Crippen LogP contribution in [0, 0.1) is 5.92 Å². The third-order valence-corrected chi connectivity index (χ3v) is 10.5. The van der Waals surface area contributed by atoms with E-state index in [4.69, 9.17) is 35.3 Å². The molecule has 3 aliphatic heterocycles. The van der Waals surface area contributed by atoms with E-state index >= 15 is 0 Å². The van der Waals surface area contributed by atoms with Crippen LogP contribution in [-0.2, 0) is 39.8 Å². The number of rotatable bonds is 8.